The molecule has 112 valence electrons. The third-order valence-corrected chi connectivity index (χ3v) is 5.54. The molecule has 2 N–H and O–H groups in total. The van der Waals surface area contributed by atoms with Gasteiger partial charge in [-0.25, -0.2) is 8.42 Å². The van der Waals surface area contributed by atoms with E-state index in [4.69, 9.17) is 16.7 Å². The molecule has 0 unspecified atom stereocenters. The smallest absolute Gasteiger partial charge is 0.261 e. The van der Waals surface area contributed by atoms with Gasteiger partial charge in [0.2, 0.25) is 0 Å². The van der Waals surface area contributed by atoms with Crippen molar-refractivity contribution in [2.45, 2.75) is 18.4 Å². The maximum Gasteiger partial charge on any atom is 0.261 e. The van der Waals surface area contributed by atoms with Crippen molar-refractivity contribution in [2.24, 2.45) is 0 Å². The SMILES string of the molecule is Cc1cc(NS(=O)(=O)c2ccc(CO)c(Cl)c2)ccc1Br. The Morgan fingerprint density at radius 3 is 2.52 bits per heavy atom. The number of aliphatic hydroxyl groups excluding tert-OH is 1. The Balaban J connectivity index is 2.33. The molecule has 21 heavy (non-hydrogen) atoms. The van der Waals surface area contributed by atoms with E-state index in [9.17, 15) is 8.42 Å². The second-order valence-corrected chi connectivity index (χ2v) is 7.42. The summed E-state index contributed by atoms with van der Waals surface area (Å²) in [6.07, 6.45) is 0. The fraction of sp³-hybridized carbons (Fsp3) is 0.143. The number of nitrogens with one attached hydrogen (secondary N) is 1. The van der Waals surface area contributed by atoms with Crippen molar-refractivity contribution in [3.63, 3.8) is 0 Å². The Kier molecular flexibility index (Phi) is 4.93. The van der Waals surface area contributed by atoms with Gasteiger partial charge >= 0.3 is 0 Å². The number of aryl methyl sites for hydroxylation is 1. The summed E-state index contributed by atoms with van der Waals surface area (Å²) in [5.41, 5.74) is 1.87. The number of sulfonamides is 1. The lowest BCUT2D eigenvalue weighted by molar-refractivity contribution is 0.282. The van der Waals surface area contributed by atoms with E-state index in [2.05, 4.69) is 20.7 Å². The molecule has 0 bridgehead atoms. The molecule has 0 aliphatic rings. The molecule has 0 aromatic heterocycles. The Morgan fingerprint density at radius 1 is 1.24 bits per heavy atom. The largest absolute Gasteiger partial charge is 0.392 e. The van der Waals surface area contributed by atoms with Crippen LogP contribution >= 0.6 is 27.5 Å². The first kappa shape index (κ1) is 16.3. The molecule has 0 saturated carbocycles. The van der Waals surface area contributed by atoms with E-state index in [1.165, 1.54) is 18.2 Å². The van der Waals surface area contributed by atoms with E-state index in [-0.39, 0.29) is 16.5 Å². The van der Waals surface area contributed by atoms with Gasteiger partial charge in [-0.3, -0.25) is 4.72 Å². The van der Waals surface area contributed by atoms with Crippen molar-refractivity contribution in [2.75, 3.05) is 4.72 Å². The van der Waals surface area contributed by atoms with Crippen LogP contribution < -0.4 is 4.72 Å². The summed E-state index contributed by atoms with van der Waals surface area (Å²) in [4.78, 5) is 0.0465. The lowest BCUT2D eigenvalue weighted by atomic mass is 10.2. The summed E-state index contributed by atoms with van der Waals surface area (Å²) in [7, 11) is -3.72. The molecule has 2 rings (SSSR count). The zero-order chi connectivity index (χ0) is 15.6. The minimum Gasteiger partial charge on any atom is -0.392 e. The lowest BCUT2D eigenvalue weighted by Gasteiger charge is -2.10. The van der Waals surface area contributed by atoms with E-state index in [1.54, 1.807) is 18.2 Å². The van der Waals surface area contributed by atoms with Crippen LogP contribution in [0.5, 0.6) is 0 Å². The third kappa shape index (κ3) is 3.77. The standard InChI is InChI=1S/C14H13BrClNO3S/c1-9-6-11(3-5-13(9)15)17-21(19,20)12-4-2-10(8-18)14(16)7-12/h2-7,17-18H,8H2,1H3. The van der Waals surface area contributed by atoms with E-state index < -0.39 is 10.0 Å². The second kappa shape index (κ2) is 6.36. The van der Waals surface area contributed by atoms with Crippen LogP contribution in [-0.2, 0) is 16.6 Å². The number of anilines is 1. The number of rotatable bonds is 4. The Labute approximate surface area is 136 Å². The topological polar surface area (TPSA) is 66.4 Å². The van der Waals surface area contributed by atoms with Crippen LogP contribution in [0.4, 0.5) is 5.69 Å². The monoisotopic (exact) mass is 389 g/mol. The molecule has 0 fully saturated rings. The van der Waals surface area contributed by atoms with Crippen molar-refractivity contribution in [3.05, 3.63) is 57.0 Å². The predicted molar refractivity (Wildman–Crippen MR) is 87.1 cm³/mol. The fourth-order valence-electron chi connectivity index (χ4n) is 1.75. The zero-order valence-corrected chi connectivity index (χ0v) is 14.3. The van der Waals surface area contributed by atoms with Gasteiger partial charge in [0, 0.05) is 15.2 Å². The molecule has 0 radical (unpaired) electrons. The number of halogens is 2. The van der Waals surface area contributed by atoms with Crippen LogP contribution in [0.15, 0.2) is 45.8 Å². The van der Waals surface area contributed by atoms with Crippen LogP contribution in [0.2, 0.25) is 5.02 Å². The minimum absolute atomic E-state index is 0.0465. The van der Waals surface area contributed by atoms with Gasteiger partial charge in [0.15, 0.2) is 0 Å². The zero-order valence-electron chi connectivity index (χ0n) is 11.1. The number of hydrogen-bond acceptors (Lipinski definition) is 3. The third-order valence-electron chi connectivity index (χ3n) is 2.92. The number of benzene rings is 2. The van der Waals surface area contributed by atoms with Crippen molar-refractivity contribution in [3.8, 4) is 0 Å². The summed E-state index contributed by atoms with van der Waals surface area (Å²) in [5.74, 6) is 0. The van der Waals surface area contributed by atoms with Gasteiger partial charge in [0.1, 0.15) is 0 Å². The van der Waals surface area contributed by atoms with Crippen molar-refractivity contribution < 1.29 is 13.5 Å². The minimum atomic E-state index is -3.72. The van der Waals surface area contributed by atoms with Gasteiger partial charge in [0.25, 0.3) is 10.0 Å². The summed E-state index contributed by atoms with van der Waals surface area (Å²) < 4.78 is 28.0. The van der Waals surface area contributed by atoms with Gasteiger partial charge in [-0.2, -0.15) is 0 Å². The van der Waals surface area contributed by atoms with Crippen molar-refractivity contribution >= 4 is 43.2 Å². The molecule has 0 spiro atoms. The predicted octanol–water partition coefficient (Wildman–Crippen LogP) is 3.70. The van der Waals surface area contributed by atoms with Crippen molar-refractivity contribution in [1.29, 1.82) is 0 Å². The maximum absolute atomic E-state index is 12.3. The van der Waals surface area contributed by atoms with E-state index in [1.807, 2.05) is 6.92 Å². The average Bonchev–Trinajstić information content (AvgIpc) is 2.42. The van der Waals surface area contributed by atoms with Gasteiger partial charge in [-0.1, -0.05) is 33.6 Å². The molecule has 0 aliphatic carbocycles. The van der Waals surface area contributed by atoms with Crippen LogP contribution in [0.1, 0.15) is 11.1 Å². The van der Waals surface area contributed by atoms with Crippen LogP contribution in [0.3, 0.4) is 0 Å². The van der Waals surface area contributed by atoms with Crippen LogP contribution in [0, 0.1) is 6.92 Å². The van der Waals surface area contributed by atoms with Crippen LogP contribution in [-0.4, -0.2) is 13.5 Å². The quantitative estimate of drug-likeness (QED) is 0.836. The molecule has 2 aromatic carbocycles. The van der Waals surface area contributed by atoms with Crippen LogP contribution in [0.25, 0.3) is 0 Å². The van der Waals surface area contributed by atoms with E-state index in [0.717, 1.165) is 10.0 Å². The molecule has 4 nitrogen and oxygen atoms in total. The molecule has 7 heteroatoms. The molecule has 0 atom stereocenters. The highest BCUT2D eigenvalue weighted by molar-refractivity contribution is 9.10. The first-order valence-electron chi connectivity index (χ1n) is 6.02. The molecule has 0 heterocycles. The highest BCUT2D eigenvalue weighted by Gasteiger charge is 2.16. The summed E-state index contributed by atoms with van der Waals surface area (Å²) in [6.45, 7) is 1.63. The Hall–Kier alpha value is -1.08. The lowest BCUT2D eigenvalue weighted by Crippen LogP contribution is -2.13. The summed E-state index contributed by atoms with van der Waals surface area (Å²) >= 11 is 9.29. The second-order valence-electron chi connectivity index (χ2n) is 4.48. The Morgan fingerprint density at radius 2 is 1.95 bits per heavy atom. The Bertz CT molecular complexity index is 778. The molecule has 0 saturated heterocycles. The van der Waals surface area contributed by atoms with E-state index >= 15 is 0 Å². The fourth-order valence-corrected chi connectivity index (χ4v) is 3.37. The van der Waals surface area contributed by atoms with Crippen molar-refractivity contribution in [1.82, 2.24) is 0 Å². The molecule has 0 aliphatic heterocycles. The number of aliphatic hydroxyl groups is 1. The highest BCUT2D eigenvalue weighted by Crippen LogP contribution is 2.25. The normalized spacial score (nSPS) is 11.4. The number of hydrogen-bond donors (Lipinski definition) is 2. The first-order chi connectivity index (χ1) is 9.83. The first-order valence-corrected chi connectivity index (χ1v) is 8.67. The highest BCUT2D eigenvalue weighted by atomic mass is 79.9. The molecule has 2 aromatic rings. The van der Waals surface area contributed by atoms with Gasteiger partial charge in [0.05, 0.1) is 11.5 Å². The van der Waals surface area contributed by atoms with Gasteiger partial charge in [-0.15, -0.1) is 0 Å². The molecule has 0 amide bonds. The summed E-state index contributed by atoms with van der Waals surface area (Å²) in [6, 6.07) is 9.38. The average molecular weight is 391 g/mol. The van der Waals surface area contributed by atoms with Gasteiger partial charge < -0.3 is 5.11 Å². The maximum atomic E-state index is 12.3. The molecular weight excluding hydrogens is 378 g/mol. The molecular formula is C14H13BrClNO3S. The van der Waals surface area contributed by atoms with Gasteiger partial charge in [-0.05, 0) is 48.4 Å². The van der Waals surface area contributed by atoms with E-state index in [0.29, 0.717) is 11.3 Å². The summed E-state index contributed by atoms with van der Waals surface area (Å²) in [5, 5.41) is 9.27.